The Morgan fingerprint density at radius 2 is 1.79 bits per heavy atom. The number of hydrogen-bond acceptors (Lipinski definition) is 5. The molecule has 0 spiro atoms. The monoisotopic (exact) mass is 395 g/mol. The number of benzene rings is 2. The Balaban J connectivity index is 1.46. The molecule has 0 radical (unpaired) electrons. The van der Waals surface area contributed by atoms with Crippen LogP contribution >= 0.6 is 0 Å². The third-order valence-corrected chi connectivity index (χ3v) is 4.62. The van der Waals surface area contributed by atoms with Gasteiger partial charge in [-0.2, -0.15) is 0 Å². The number of hydrogen-bond donors (Lipinski definition) is 4. The zero-order valence-corrected chi connectivity index (χ0v) is 16.1. The van der Waals surface area contributed by atoms with Crippen molar-refractivity contribution in [3.05, 3.63) is 71.3 Å². The van der Waals surface area contributed by atoms with E-state index in [4.69, 9.17) is 15.9 Å². The molecule has 1 fully saturated rings. The molecule has 1 saturated heterocycles. The number of morpholine rings is 1. The van der Waals surface area contributed by atoms with Crippen molar-refractivity contribution in [2.75, 3.05) is 13.2 Å². The van der Waals surface area contributed by atoms with E-state index in [0.717, 1.165) is 11.1 Å². The van der Waals surface area contributed by atoms with Gasteiger partial charge in [-0.25, -0.2) is 5.43 Å². The summed E-state index contributed by atoms with van der Waals surface area (Å²) < 4.78 is 5.51. The van der Waals surface area contributed by atoms with Crippen LogP contribution in [-0.2, 0) is 27.4 Å². The van der Waals surface area contributed by atoms with Gasteiger partial charge in [0, 0.05) is 18.7 Å². The molecule has 0 aromatic heterocycles. The first-order chi connectivity index (χ1) is 14.0. The maximum atomic E-state index is 12.6. The number of amides is 2. The Morgan fingerprint density at radius 1 is 1.10 bits per heavy atom. The minimum Gasteiger partial charge on any atom is -0.384 e. The number of ether oxygens (including phenoxy) is 1. The molecule has 2 aromatic carbocycles. The molecule has 1 aliphatic rings. The van der Waals surface area contributed by atoms with E-state index in [1.165, 1.54) is 5.01 Å². The fraction of sp³-hybridized carbons (Fsp3) is 0.286. The van der Waals surface area contributed by atoms with Gasteiger partial charge in [0.05, 0.1) is 19.6 Å². The lowest BCUT2D eigenvalue weighted by molar-refractivity contribution is -0.160. The molecule has 29 heavy (non-hydrogen) atoms. The van der Waals surface area contributed by atoms with Gasteiger partial charge in [-0.15, -0.1) is 0 Å². The van der Waals surface area contributed by atoms with Gasteiger partial charge in [0.25, 0.3) is 5.91 Å². The predicted molar refractivity (Wildman–Crippen MR) is 109 cm³/mol. The first-order valence-electron chi connectivity index (χ1n) is 9.43. The van der Waals surface area contributed by atoms with Crippen molar-refractivity contribution in [1.82, 2.24) is 15.8 Å². The first kappa shape index (κ1) is 20.5. The van der Waals surface area contributed by atoms with Crippen LogP contribution in [0.3, 0.4) is 0 Å². The van der Waals surface area contributed by atoms with Crippen molar-refractivity contribution in [2.45, 2.75) is 25.6 Å². The average molecular weight is 395 g/mol. The Bertz CT molecular complexity index is 854. The highest BCUT2D eigenvalue weighted by molar-refractivity contribution is 5.94. The van der Waals surface area contributed by atoms with Crippen LogP contribution in [0.1, 0.15) is 23.1 Å². The van der Waals surface area contributed by atoms with Gasteiger partial charge in [-0.05, 0) is 11.1 Å². The standard InChI is InChI=1S/C21H25N5O3/c22-20(23)17-8-6-16(7-9-17)13-24-19(27)12-18-21(28)26(10-11-29-18)25-14-15-4-2-1-3-5-15/h1-9,18,25H,10-14H2,(H3,22,23)(H,24,27)/t18-/m0/s1. The lowest BCUT2D eigenvalue weighted by Crippen LogP contribution is -2.54. The van der Waals surface area contributed by atoms with E-state index in [9.17, 15) is 9.59 Å². The molecular formula is C21H25N5O3. The van der Waals surface area contributed by atoms with Crippen LogP contribution in [0.4, 0.5) is 0 Å². The molecule has 0 saturated carbocycles. The molecule has 1 aliphatic heterocycles. The summed E-state index contributed by atoms with van der Waals surface area (Å²) in [7, 11) is 0. The van der Waals surface area contributed by atoms with Crippen LogP contribution in [0.5, 0.6) is 0 Å². The van der Waals surface area contributed by atoms with E-state index in [-0.39, 0.29) is 24.1 Å². The van der Waals surface area contributed by atoms with Crippen molar-refractivity contribution in [3.8, 4) is 0 Å². The molecule has 5 N–H and O–H groups in total. The van der Waals surface area contributed by atoms with E-state index < -0.39 is 6.10 Å². The molecule has 8 nitrogen and oxygen atoms in total. The van der Waals surface area contributed by atoms with Crippen molar-refractivity contribution in [1.29, 1.82) is 5.41 Å². The molecule has 0 aliphatic carbocycles. The smallest absolute Gasteiger partial charge is 0.266 e. The van der Waals surface area contributed by atoms with Crippen molar-refractivity contribution < 1.29 is 14.3 Å². The number of nitrogen functional groups attached to an aromatic ring is 1. The zero-order valence-electron chi connectivity index (χ0n) is 16.1. The molecule has 1 atom stereocenters. The Morgan fingerprint density at radius 3 is 2.48 bits per heavy atom. The maximum absolute atomic E-state index is 12.6. The SMILES string of the molecule is N=C(N)c1ccc(CNC(=O)C[C@@H]2OCCN(NCc3ccccc3)C2=O)cc1. The third-order valence-electron chi connectivity index (χ3n) is 4.62. The number of nitrogens with zero attached hydrogens (tertiary/aromatic N) is 1. The summed E-state index contributed by atoms with van der Waals surface area (Å²) in [6.45, 7) is 1.67. The summed E-state index contributed by atoms with van der Waals surface area (Å²) in [6.07, 6.45) is -0.833. The second kappa shape index (κ2) is 9.81. The number of nitrogens with two attached hydrogens (primary N) is 1. The molecule has 2 amide bonds. The number of hydrazine groups is 1. The second-order valence-electron chi connectivity index (χ2n) is 6.76. The van der Waals surface area contributed by atoms with Crippen LogP contribution in [0.2, 0.25) is 0 Å². The minimum atomic E-state index is -0.799. The molecule has 1 heterocycles. The van der Waals surface area contributed by atoms with Crippen molar-refractivity contribution >= 4 is 17.6 Å². The molecular weight excluding hydrogens is 370 g/mol. The molecule has 8 heteroatoms. The highest BCUT2D eigenvalue weighted by Gasteiger charge is 2.31. The number of carbonyl (C=O) groups is 2. The van der Waals surface area contributed by atoms with Gasteiger partial charge in [-0.1, -0.05) is 54.6 Å². The highest BCUT2D eigenvalue weighted by Crippen LogP contribution is 2.10. The van der Waals surface area contributed by atoms with Gasteiger partial charge in [-0.3, -0.25) is 20.0 Å². The third kappa shape index (κ3) is 5.87. The maximum Gasteiger partial charge on any atom is 0.266 e. The fourth-order valence-electron chi connectivity index (χ4n) is 2.97. The van der Waals surface area contributed by atoms with E-state index in [1.807, 2.05) is 30.3 Å². The van der Waals surface area contributed by atoms with Crippen LogP contribution in [-0.4, -0.2) is 41.9 Å². The minimum absolute atomic E-state index is 0.000951. The summed E-state index contributed by atoms with van der Waals surface area (Å²) in [5.74, 6) is -0.504. The first-order valence-corrected chi connectivity index (χ1v) is 9.43. The summed E-state index contributed by atoms with van der Waals surface area (Å²) in [5, 5.41) is 11.7. The van der Waals surface area contributed by atoms with E-state index in [1.54, 1.807) is 24.3 Å². The van der Waals surface area contributed by atoms with E-state index in [0.29, 0.717) is 31.8 Å². The summed E-state index contributed by atoms with van der Waals surface area (Å²) >= 11 is 0. The Kier molecular flexibility index (Phi) is 6.94. The topological polar surface area (TPSA) is 121 Å². The normalized spacial score (nSPS) is 16.5. The Labute approximate surface area is 169 Å². The van der Waals surface area contributed by atoms with Crippen molar-refractivity contribution in [2.24, 2.45) is 5.73 Å². The summed E-state index contributed by atoms with van der Waals surface area (Å²) in [5.41, 5.74) is 11.1. The predicted octanol–water partition coefficient (Wildman–Crippen LogP) is 0.909. The lowest BCUT2D eigenvalue weighted by atomic mass is 10.1. The molecule has 152 valence electrons. The molecule has 0 bridgehead atoms. The fourth-order valence-corrected chi connectivity index (χ4v) is 2.97. The quantitative estimate of drug-likeness (QED) is 0.391. The molecule has 2 aromatic rings. The van der Waals surface area contributed by atoms with Crippen LogP contribution in [0.25, 0.3) is 0 Å². The van der Waals surface area contributed by atoms with Crippen LogP contribution < -0.4 is 16.5 Å². The summed E-state index contributed by atoms with van der Waals surface area (Å²) in [6, 6.07) is 16.8. The van der Waals surface area contributed by atoms with Gasteiger partial charge in [0.2, 0.25) is 5.91 Å². The second-order valence-corrected chi connectivity index (χ2v) is 6.76. The zero-order chi connectivity index (χ0) is 20.6. The van der Waals surface area contributed by atoms with Gasteiger partial charge >= 0.3 is 0 Å². The molecule has 0 unspecified atom stereocenters. The average Bonchev–Trinajstić information content (AvgIpc) is 2.74. The van der Waals surface area contributed by atoms with E-state index >= 15 is 0 Å². The number of nitrogens with one attached hydrogen (secondary N) is 3. The van der Waals surface area contributed by atoms with Crippen LogP contribution in [0, 0.1) is 5.41 Å². The lowest BCUT2D eigenvalue weighted by Gasteiger charge is -2.32. The van der Waals surface area contributed by atoms with E-state index in [2.05, 4.69) is 10.7 Å². The number of rotatable bonds is 8. The van der Waals surface area contributed by atoms with Gasteiger partial charge in [0.15, 0.2) is 0 Å². The number of carbonyl (C=O) groups excluding carboxylic acids is 2. The van der Waals surface area contributed by atoms with Crippen LogP contribution in [0.15, 0.2) is 54.6 Å². The Hall–Kier alpha value is -3.23. The molecule has 3 rings (SSSR count). The van der Waals surface area contributed by atoms with Gasteiger partial charge < -0.3 is 15.8 Å². The highest BCUT2D eigenvalue weighted by atomic mass is 16.5. The van der Waals surface area contributed by atoms with Gasteiger partial charge in [0.1, 0.15) is 11.9 Å². The van der Waals surface area contributed by atoms with Crippen molar-refractivity contribution in [3.63, 3.8) is 0 Å². The summed E-state index contributed by atoms with van der Waals surface area (Å²) in [4.78, 5) is 24.8. The largest absolute Gasteiger partial charge is 0.384 e. The number of amidine groups is 1.